The van der Waals surface area contributed by atoms with Gasteiger partial charge in [-0.15, -0.1) is 0 Å². The van der Waals surface area contributed by atoms with E-state index in [4.69, 9.17) is 5.73 Å². The second-order valence-corrected chi connectivity index (χ2v) is 7.04. The van der Waals surface area contributed by atoms with Crippen LogP contribution in [0, 0.1) is 12.8 Å². The van der Waals surface area contributed by atoms with E-state index in [9.17, 15) is 0 Å². The highest BCUT2D eigenvalue weighted by Gasteiger charge is 2.32. The van der Waals surface area contributed by atoms with Crippen molar-refractivity contribution in [2.75, 3.05) is 0 Å². The summed E-state index contributed by atoms with van der Waals surface area (Å²) in [6.45, 7) is 8.92. The number of nitrogens with one attached hydrogen (secondary N) is 1. The summed E-state index contributed by atoms with van der Waals surface area (Å²) in [7, 11) is 0. The van der Waals surface area contributed by atoms with Gasteiger partial charge in [-0.3, -0.25) is 0 Å². The SMILES string of the molecule is Cc1[nH]c2ccc(C(C)(C)C)cc2c1C(N)C1CC1. The van der Waals surface area contributed by atoms with Crippen molar-refractivity contribution in [3.05, 3.63) is 35.0 Å². The highest BCUT2D eigenvalue weighted by molar-refractivity contribution is 5.86. The maximum absolute atomic E-state index is 6.45. The molecule has 0 aliphatic heterocycles. The van der Waals surface area contributed by atoms with Gasteiger partial charge >= 0.3 is 0 Å². The Labute approximate surface area is 115 Å². The number of hydrogen-bond acceptors (Lipinski definition) is 1. The van der Waals surface area contributed by atoms with Crippen LogP contribution >= 0.6 is 0 Å². The first kappa shape index (κ1) is 12.7. The average Bonchev–Trinajstić information content (AvgIpc) is 3.09. The van der Waals surface area contributed by atoms with Crippen LogP contribution < -0.4 is 5.73 Å². The molecule has 1 unspecified atom stereocenters. The van der Waals surface area contributed by atoms with Gasteiger partial charge in [0.05, 0.1) is 0 Å². The molecule has 2 aromatic rings. The zero-order valence-corrected chi connectivity index (χ0v) is 12.4. The maximum Gasteiger partial charge on any atom is 0.0459 e. The summed E-state index contributed by atoms with van der Waals surface area (Å²) < 4.78 is 0. The van der Waals surface area contributed by atoms with Gasteiger partial charge < -0.3 is 10.7 Å². The van der Waals surface area contributed by atoms with Crippen molar-refractivity contribution >= 4 is 10.9 Å². The van der Waals surface area contributed by atoms with Crippen LogP contribution in [0.5, 0.6) is 0 Å². The molecule has 1 atom stereocenters. The van der Waals surface area contributed by atoms with Crippen LogP contribution in [0.4, 0.5) is 0 Å². The van der Waals surface area contributed by atoms with Crippen molar-refractivity contribution < 1.29 is 0 Å². The van der Waals surface area contributed by atoms with Crippen molar-refractivity contribution in [3.8, 4) is 0 Å². The molecule has 0 spiro atoms. The normalized spacial score (nSPS) is 17.9. The van der Waals surface area contributed by atoms with E-state index in [-0.39, 0.29) is 11.5 Å². The predicted molar refractivity (Wildman–Crippen MR) is 81.4 cm³/mol. The fourth-order valence-corrected chi connectivity index (χ4v) is 2.93. The summed E-state index contributed by atoms with van der Waals surface area (Å²) in [5.41, 5.74) is 11.8. The first-order valence-corrected chi connectivity index (χ1v) is 7.26. The molecule has 1 aliphatic carbocycles. The molecule has 2 nitrogen and oxygen atoms in total. The number of aromatic nitrogens is 1. The lowest BCUT2D eigenvalue weighted by molar-refractivity contribution is 0.590. The third-order valence-corrected chi connectivity index (χ3v) is 4.37. The third-order valence-electron chi connectivity index (χ3n) is 4.37. The van der Waals surface area contributed by atoms with Crippen LogP contribution in [-0.2, 0) is 5.41 Å². The Kier molecular flexibility index (Phi) is 2.75. The van der Waals surface area contributed by atoms with E-state index in [1.54, 1.807) is 0 Å². The zero-order chi connectivity index (χ0) is 13.8. The van der Waals surface area contributed by atoms with Crippen LogP contribution in [0.3, 0.4) is 0 Å². The van der Waals surface area contributed by atoms with Gasteiger partial charge in [0.2, 0.25) is 0 Å². The molecule has 0 amide bonds. The lowest BCUT2D eigenvalue weighted by Crippen LogP contribution is -2.14. The maximum atomic E-state index is 6.45. The first-order chi connectivity index (χ1) is 8.88. The molecule has 3 rings (SSSR count). The summed E-state index contributed by atoms with van der Waals surface area (Å²) in [5, 5.41) is 1.32. The van der Waals surface area contributed by atoms with Gasteiger partial charge in [-0.1, -0.05) is 26.8 Å². The monoisotopic (exact) mass is 256 g/mol. The third kappa shape index (κ3) is 2.18. The molecule has 0 bridgehead atoms. The number of nitrogens with two attached hydrogens (primary N) is 1. The average molecular weight is 256 g/mol. The minimum absolute atomic E-state index is 0.181. The van der Waals surface area contributed by atoms with Crippen LogP contribution in [0.15, 0.2) is 18.2 Å². The number of fused-ring (bicyclic) bond motifs is 1. The van der Waals surface area contributed by atoms with Crippen molar-refractivity contribution in [3.63, 3.8) is 0 Å². The predicted octanol–water partition coefficient (Wildman–Crippen LogP) is 4.18. The molecule has 1 heterocycles. The number of aromatic amines is 1. The second-order valence-electron chi connectivity index (χ2n) is 7.04. The molecule has 1 fully saturated rings. The molecule has 1 saturated carbocycles. The first-order valence-electron chi connectivity index (χ1n) is 7.26. The smallest absolute Gasteiger partial charge is 0.0459 e. The Balaban J connectivity index is 2.17. The van der Waals surface area contributed by atoms with Crippen LogP contribution in [0.2, 0.25) is 0 Å². The minimum atomic E-state index is 0.181. The fraction of sp³-hybridized carbons (Fsp3) is 0.529. The van der Waals surface area contributed by atoms with E-state index in [0.717, 1.165) is 0 Å². The van der Waals surface area contributed by atoms with Crippen LogP contribution in [-0.4, -0.2) is 4.98 Å². The molecule has 1 aliphatic rings. The van der Waals surface area contributed by atoms with Crippen LogP contribution in [0.1, 0.15) is 56.5 Å². The quantitative estimate of drug-likeness (QED) is 0.831. The molecule has 0 saturated heterocycles. The van der Waals surface area contributed by atoms with E-state index in [2.05, 4.69) is 50.9 Å². The molecule has 102 valence electrons. The van der Waals surface area contributed by atoms with E-state index in [1.165, 1.54) is 40.6 Å². The van der Waals surface area contributed by atoms with Gasteiger partial charge in [-0.05, 0) is 54.4 Å². The summed E-state index contributed by atoms with van der Waals surface area (Å²) in [6, 6.07) is 6.96. The number of rotatable bonds is 2. The minimum Gasteiger partial charge on any atom is -0.358 e. The van der Waals surface area contributed by atoms with Gasteiger partial charge in [0.25, 0.3) is 0 Å². The summed E-state index contributed by atoms with van der Waals surface area (Å²) >= 11 is 0. The van der Waals surface area contributed by atoms with Gasteiger partial charge in [0, 0.05) is 22.6 Å². The summed E-state index contributed by atoms with van der Waals surface area (Å²) in [5.74, 6) is 0.691. The molecule has 1 aromatic heterocycles. The Bertz CT molecular complexity index is 612. The standard InChI is InChI=1S/C17H24N2/c1-10-15(16(18)11-5-6-11)13-9-12(17(2,3)4)7-8-14(13)19-10/h7-9,11,16,19H,5-6,18H2,1-4H3. The van der Waals surface area contributed by atoms with E-state index in [0.29, 0.717) is 5.92 Å². The molecule has 19 heavy (non-hydrogen) atoms. The molecule has 2 heteroatoms. The van der Waals surface area contributed by atoms with Crippen molar-refractivity contribution in [1.82, 2.24) is 4.98 Å². The molecule has 1 aromatic carbocycles. The zero-order valence-electron chi connectivity index (χ0n) is 12.4. The van der Waals surface area contributed by atoms with Crippen LogP contribution in [0.25, 0.3) is 10.9 Å². The largest absolute Gasteiger partial charge is 0.358 e. The Hall–Kier alpha value is -1.28. The number of hydrogen-bond donors (Lipinski definition) is 2. The fourth-order valence-electron chi connectivity index (χ4n) is 2.93. The van der Waals surface area contributed by atoms with E-state index in [1.807, 2.05) is 0 Å². The number of H-pyrrole nitrogens is 1. The molecular formula is C17H24N2. The highest BCUT2D eigenvalue weighted by atomic mass is 14.8. The van der Waals surface area contributed by atoms with E-state index < -0.39 is 0 Å². The Morgan fingerprint density at radius 3 is 2.53 bits per heavy atom. The van der Waals surface area contributed by atoms with Gasteiger partial charge in [0.15, 0.2) is 0 Å². The second kappa shape index (κ2) is 4.11. The highest BCUT2D eigenvalue weighted by Crippen LogP contribution is 2.43. The number of aryl methyl sites for hydroxylation is 1. The summed E-state index contributed by atoms with van der Waals surface area (Å²) in [4.78, 5) is 3.49. The van der Waals surface area contributed by atoms with Gasteiger partial charge in [0.1, 0.15) is 0 Å². The Morgan fingerprint density at radius 2 is 1.95 bits per heavy atom. The molecule has 0 radical (unpaired) electrons. The van der Waals surface area contributed by atoms with Crippen molar-refractivity contribution in [2.45, 2.75) is 52.0 Å². The molecule has 3 N–H and O–H groups in total. The molecular weight excluding hydrogens is 232 g/mol. The lowest BCUT2D eigenvalue weighted by Gasteiger charge is -2.19. The topological polar surface area (TPSA) is 41.8 Å². The van der Waals surface area contributed by atoms with Gasteiger partial charge in [-0.2, -0.15) is 0 Å². The number of benzene rings is 1. The lowest BCUT2D eigenvalue weighted by atomic mass is 9.85. The van der Waals surface area contributed by atoms with Crippen molar-refractivity contribution in [1.29, 1.82) is 0 Å². The van der Waals surface area contributed by atoms with E-state index >= 15 is 0 Å². The van der Waals surface area contributed by atoms with Gasteiger partial charge in [-0.25, -0.2) is 0 Å². The summed E-state index contributed by atoms with van der Waals surface area (Å²) in [6.07, 6.45) is 2.57. The Morgan fingerprint density at radius 1 is 1.26 bits per heavy atom. The van der Waals surface area contributed by atoms with Crippen molar-refractivity contribution in [2.24, 2.45) is 11.7 Å².